The first-order valence-electron chi connectivity index (χ1n) is 13.9. The molecule has 3 unspecified atom stereocenters. The fourth-order valence-corrected chi connectivity index (χ4v) is 6.19. The summed E-state index contributed by atoms with van der Waals surface area (Å²) in [6, 6.07) is 6.95. The SMILES string of the molecule is CCn1nccc1C(=O)NC(c1nc2ccc(CC3CC(C(F)(F)F)CNC3=O)cc2[nH]1)C(C1CC1)C1CC1. The van der Waals surface area contributed by atoms with E-state index in [1.807, 2.05) is 25.1 Å². The fourth-order valence-electron chi connectivity index (χ4n) is 6.19. The summed E-state index contributed by atoms with van der Waals surface area (Å²) in [7, 11) is 0. The maximum atomic E-state index is 13.3. The molecule has 3 fully saturated rings. The number of carbonyl (C=O) groups is 2. The number of alkyl halides is 3. The molecule has 3 aliphatic rings. The van der Waals surface area contributed by atoms with E-state index in [0.717, 1.165) is 42.3 Å². The molecule has 2 saturated carbocycles. The van der Waals surface area contributed by atoms with Gasteiger partial charge in [-0.3, -0.25) is 14.3 Å². The van der Waals surface area contributed by atoms with Crippen molar-refractivity contribution in [3.05, 3.63) is 47.5 Å². The average molecular weight is 543 g/mol. The predicted octanol–water partition coefficient (Wildman–Crippen LogP) is 4.54. The third-order valence-electron chi connectivity index (χ3n) is 8.52. The molecule has 1 aromatic carbocycles. The van der Waals surface area contributed by atoms with Crippen LogP contribution < -0.4 is 10.6 Å². The van der Waals surface area contributed by atoms with Crippen LogP contribution in [0, 0.1) is 29.6 Å². The van der Waals surface area contributed by atoms with Crippen molar-refractivity contribution in [3.63, 3.8) is 0 Å². The number of piperidine rings is 1. The van der Waals surface area contributed by atoms with Crippen LogP contribution >= 0.6 is 0 Å². The summed E-state index contributed by atoms with van der Waals surface area (Å²) in [4.78, 5) is 34.0. The third kappa shape index (κ3) is 5.40. The first kappa shape index (κ1) is 25.9. The van der Waals surface area contributed by atoms with Gasteiger partial charge in [0.05, 0.1) is 23.0 Å². The van der Waals surface area contributed by atoms with E-state index < -0.39 is 18.0 Å². The highest BCUT2D eigenvalue weighted by Gasteiger charge is 2.48. The quantitative estimate of drug-likeness (QED) is 0.369. The van der Waals surface area contributed by atoms with E-state index in [9.17, 15) is 22.8 Å². The van der Waals surface area contributed by atoms with Gasteiger partial charge in [-0.1, -0.05) is 6.07 Å². The van der Waals surface area contributed by atoms with E-state index >= 15 is 0 Å². The number of amides is 2. The summed E-state index contributed by atoms with van der Waals surface area (Å²) in [5, 5.41) is 9.92. The van der Waals surface area contributed by atoms with E-state index in [1.54, 1.807) is 16.9 Å². The first-order chi connectivity index (χ1) is 18.7. The number of nitrogens with one attached hydrogen (secondary N) is 3. The van der Waals surface area contributed by atoms with Gasteiger partial charge in [-0.15, -0.1) is 0 Å². The molecule has 8 nitrogen and oxygen atoms in total. The molecule has 0 radical (unpaired) electrons. The van der Waals surface area contributed by atoms with Gasteiger partial charge in [-0.2, -0.15) is 18.3 Å². The number of rotatable bonds is 9. The Morgan fingerprint density at radius 3 is 2.59 bits per heavy atom. The van der Waals surface area contributed by atoms with Crippen LogP contribution in [-0.2, 0) is 17.8 Å². The van der Waals surface area contributed by atoms with Gasteiger partial charge in [0.1, 0.15) is 11.5 Å². The summed E-state index contributed by atoms with van der Waals surface area (Å²) in [6.45, 7) is 2.16. The molecule has 3 aromatic rings. The Morgan fingerprint density at radius 1 is 1.18 bits per heavy atom. The minimum absolute atomic E-state index is 0.186. The maximum Gasteiger partial charge on any atom is 0.393 e. The highest BCUT2D eigenvalue weighted by molar-refractivity contribution is 5.92. The normalized spacial score (nSPS) is 22.7. The van der Waals surface area contributed by atoms with Crippen LogP contribution in [0.4, 0.5) is 13.2 Å². The largest absolute Gasteiger partial charge is 0.393 e. The summed E-state index contributed by atoms with van der Waals surface area (Å²) < 4.78 is 41.5. The monoisotopic (exact) mass is 542 g/mol. The number of aromatic nitrogens is 4. The second-order valence-corrected chi connectivity index (χ2v) is 11.3. The zero-order valence-electron chi connectivity index (χ0n) is 21.8. The topological polar surface area (TPSA) is 105 Å². The smallest absolute Gasteiger partial charge is 0.355 e. The van der Waals surface area contributed by atoms with Crippen molar-refractivity contribution in [1.82, 2.24) is 30.4 Å². The minimum atomic E-state index is -4.33. The molecule has 1 saturated heterocycles. The van der Waals surface area contributed by atoms with E-state index in [-0.39, 0.29) is 43.2 Å². The molecular weight excluding hydrogens is 509 g/mol. The molecule has 0 spiro atoms. The zero-order valence-corrected chi connectivity index (χ0v) is 21.8. The Bertz CT molecular complexity index is 1360. The number of fused-ring (bicyclic) bond motifs is 1. The van der Waals surface area contributed by atoms with Crippen LogP contribution in [0.2, 0.25) is 0 Å². The second kappa shape index (κ2) is 9.98. The first-order valence-corrected chi connectivity index (χ1v) is 13.9. The predicted molar refractivity (Wildman–Crippen MR) is 138 cm³/mol. The average Bonchev–Trinajstić information content (AvgIpc) is 3.83. The molecular formula is C28H33F3N6O2. The van der Waals surface area contributed by atoms with Crippen LogP contribution in [0.15, 0.2) is 30.5 Å². The number of hydrogen-bond donors (Lipinski definition) is 3. The van der Waals surface area contributed by atoms with Gasteiger partial charge < -0.3 is 15.6 Å². The summed E-state index contributed by atoms with van der Waals surface area (Å²) in [5.41, 5.74) is 2.75. The van der Waals surface area contributed by atoms with Crippen molar-refractivity contribution < 1.29 is 22.8 Å². The molecule has 2 aromatic heterocycles. The summed E-state index contributed by atoms with van der Waals surface area (Å²) in [5.74, 6) is -0.719. The number of nitrogens with zero attached hydrogens (tertiary/aromatic N) is 3. The molecule has 0 bridgehead atoms. The van der Waals surface area contributed by atoms with Gasteiger partial charge in [0.2, 0.25) is 5.91 Å². The molecule has 3 N–H and O–H groups in total. The Balaban J connectivity index is 1.26. The highest BCUT2D eigenvalue weighted by Crippen LogP contribution is 2.54. The van der Waals surface area contributed by atoms with Crippen molar-refractivity contribution in [2.75, 3.05) is 6.54 Å². The molecule has 3 atom stereocenters. The molecule has 1 aliphatic heterocycles. The Morgan fingerprint density at radius 2 is 1.92 bits per heavy atom. The molecule has 39 heavy (non-hydrogen) atoms. The van der Waals surface area contributed by atoms with Gasteiger partial charge in [0.25, 0.3) is 5.91 Å². The molecule has 3 heterocycles. The lowest BCUT2D eigenvalue weighted by Gasteiger charge is -2.30. The lowest BCUT2D eigenvalue weighted by molar-refractivity contribution is -0.183. The molecule has 208 valence electrons. The Labute approximate surface area is 224 Å². The van der Waals surface area contributed by atoms with Gasteiger partial charge in [-0.05, 0) is 87.0 Å². The number of halogens is 3. The zero-order chi connectivity index (χ0) is 27.3. The maximum absolute atomic E-state index is 13.3. The number of H-pyrrole nitrogens is 1. The lowest BCUT2D eigenvalue weighted by atomic mass is 9.85. The van der Waals surface area contributed by atoms with Gasteiger partial charge in [-0.25, -0.2) is 4.98 Å². The van der Waals surface area contributed by atoms with E-state index in [2.05, 4.69) is 20.7 Å². The Kier molecular flexibility index (Phi) is 6.63. The molecule has 11 heteroatoms. The molecule has 6 rings (SSSR count). The lowest BCUT2D eigenvalue weighted by Crippen LogP contribution is -2.47. The minimum Gasteiger partial charge on any atom is -0.355 e. The van der Waals surface area contributed by atoms with Crippen molar-refractivity contribution in [3.8, 4) is 0 Å². The van der Waals surface area contributed by atoms with Crippen LogP contribution in [0.25, 0.3) is 11.0 Å². The second-order valence-electron chi connectivity index (χ2n) is 11.3. The molecule has 2 aliphatic carbocycles. The fraction of sp³-hybridized carbons (Fsp3) is 0.571. The summed E-state index contributed by atoms with van der Waals surface area (Å²) in [6.07, 6.45) is 1.88. The van der Waals surface area contributed by atoms with Gasteiger partial charge in [0, 0.05) is 25.2 Å². The van der Waals surface area contributed by atoms with E-state index in [1.165, 1.54) is 0 Å². The number of aromatic amines is 1. The van der Waals surface area contributed by atoms with Gasteiger partial charge in [0.15, 0.2) is 0 Å². The number of imidazole rings is 1. The van der Waals surface area contributed by atoms with Crippen LogP contribution in [0.3, 0.4) is 0 Å². The standard InChI is InChI=1S/C28H33F3N6O2/c1-2-37-22(9-10-33-37)27(39)36-24(23(16-4-5-16)17-6-7-17)25-34-20-8-3-15(12-21(20)35-25)11-18-13-19(28(29,30)31)14-32-26(18)38/h3,8-10,12,16-19,23-24H,2,4-7,11,13-14H2,1H3,(H,32,38)(H,34,35)(H,36,39). The van der Waals surface area contributed by atoms with Crippen molar-refractivity contribution in [2.45, 2.75) is 64.2 Å². The summed E-state index contributed by atoms with van der Waals surface area (Å²) >= 11 is 0. The van der Waals surface area contributed by atoms with Crippen molar-refractivity contribution in [1.29, 1.82) is 0 Å². The van der Waals surface area contributed by atoms with E-state index in [4.69, 9.17) is 4.98 Å². The van der Waals surface area contributed by atoms with Crippen LogP contribution in [-0.4, -0.2) is 44.3 Å². The Hall–Kier alpha value is -3.37. The van der Waals surface area contributed by atoms with Gasteiger partial charge >= 0.3 is 6.18 Å². The highest BCUT2D eigenvalue weighted by atomic mass is 19.4. The number of benzene rings is 1. The van der Waals surface area contributed by atoms with E-state index in [0.29, 0.717) is 29.9 Å². The molecule has 2 amide bonds. The van der Waals surface area contributed by atoms with Crippen molar-refractivity contribution >= 4 is 22.8 Å². The van der Waals surface area contributed by atoms with Crippen molar-refractivity contribution in [2.24, 2.45) is 29.6 Å². The van der Waals surface area contributed by atoms with Crippen LogP contribution in [0.5, 0.6) is 0 Å². The number of carbonyl (C=O) groups excluding carboxylic acids is 2. The third-order valence-corrected chi connectivity index (χ3v) is 8.52. The van der Waals surface area contributed by atoms with Crippen LogP contribution in [0.1, 0.15) is 66.9 Å². The number of hydrogen-bond acceptors (Lipinski definition) is 4. The number of aryl methyl sites for hydroxylation is 1.